The molecule has 0 aliphatic carbocycles. The molecule has 2 amide bonds. The van der Waals surface area contributed by atoms with Crippen molar-refractivity contribution in [3.63, 3.8) is 0 Å². The van der Waals surface area contributed by atoms with Gasteiger partial charge in [-0.3, -0.25) is 9.59 Å². The molecule has 1 aliphatic heterocycles. The molecule has 0 unspecified atom stereocenters. The third kappa shape index (κ3) is 2.45. The summed E-state index contributed by atoms with van der Waals surface area (Å²) in [5, 5.41) is 8.79. The molecule has 2 heterocycles. The summed E-state index contributed by atoms with van der Waals surface area (Å²) in [7, 11) is 0. The summed E-state index contributed by atoms with van der Waals surface area (Å²) in [6, 6.07) is 6.70. The van der Waals surface area contributed by atoms with Crippen LogP contribution in [0.4, 0.5) is 11.6 Å². The number of hydrogen-bond acceptors (Lipinski definition) is 4. The van der Waals surface area contributed by atoms with E-state index in [-0.39, 0.29) is 23.7 Å². The molecular weight excluding hydrogens is 294 g/mol. The number of anilines is 2. The SMILES string of the molecule is Cc1oc2c(c1C(=O)Nc1ccc(Cl)cc1)C(=O)NCN2. The molecule has 1 aromatic carbocycles. The van der Waals surface area contributed by atoms with Gasteiger partial charge in [0.2, 0.25) is 5.88 Å². The Bertz CT molecular complexity index is 722. The number of carbonyl (C=O) groups excluding carboxylic acids is 2. The number of benzene rings is 1. The molecule has 21 heavy (non-hydrogen) atoms. The third-order valence-corrected chi connectivity index (χ3v) is 3.39. The van der Waals surface area contributed by atoms with Gasteiger partial charge in [-0.1, -0.05) is 11.6 Å². The first-order valence-corrected chi connectivity index (χ1v) is 6.66. The first-order valence-electron chi connectivity index (χ1n) is 6.28. The van der Waals surface area contributed by atoms with Crippen LogP contribution in [-0.2, 0) is 0 Å². The van der Waals surface area contributed by atoms with Crippen molar-refractivity contribution in [3.05, 3.63) is 46.2 Å². The van der Waals surface area contributed by atoms with E-state index in [9.17, 15) is 9.59 Å². The van der Waals surface area contributed by atoms with Crippen LogP contribution < -0.4 is 16.0 Å². The summed E-state index contributed by atoms with van der Waals surface area (Å²) in [6.07, 6.45) is 0. The topological polar surface area (TPSA) is 83.4 Å². The van der Waals surface area contributed by atoms with E-state index in [1.54, 1.807) is 31.2 Å². The highest BCUT2D eigenvalue weighted by atomic mass is 35.5. The molecule has 0 saturated heterocycles. The van der Waals surface area contributed by atoms with Crippen LogP contribution in [0.2, 0.25) is 5.02 Å². The van der Waals surface area contributed by atoms with Gasteiger partial charge >= 0.3 is 0 Å². The van der Waals surface area contributed by atoms with E-state index >= 15 is 0 Å². The van der Waals surface area contributed by atoms with Crippen molar-refractivity contribution in [2.75, 3.05) is 17.3 Å². The van der Waals surface area contributed by atoms with Gasteiger partial charge in [0.25, 0.3) is 11.8 Å². The van der Waals surface area contributed by atoms with Crippen LogP contribution in [0.3, 0.4) is 0 Å². The van der Waals surface area contributed by atoms with E-state index in [1.165, 1.54) is 0 Å². The van der Waals surface area contributed by atoms with Crippen LogP contribution in [0.1, 0.15) is 26.5 Å². The minimum Gasteiger partial charge on any atom is -0.444 e. The minimum atomic E-state index is -0.404. The summed E-state index contributed by atoms with van der Waals surface area (Å²) in [5.41, 5.74) is 1.04. The largest absolute Gasteiger partial charge is 0.444 e. The second kappa shape index (κ2) is 5.14. The zero-order valence-electron chi connectivity index (χ0n) is 11.1. The fraction of sp³-hybridized carbons (Fsp3) is 0.143. The molecule has 6 nitrogen and oxygen atoms in total. The number of aryl methyl sites for hydroxylation is 1. The second-order valence-electron chi connectivity index (χ2n) is 4.56. The molecule has 1 aromatic heterocycles. The number of hydrogen-bond donors (Lipinski definition) is 3. The summed E-state index contributed by atoms with van der Waals surface area (Å²) in [6.45, 7) is 1.92. The predicted octanol–water partition coefficient (Wildman–Crippen LogP) is 2.61. The second-order valence-corrected chi connectivity index (χ2v) is 4.99. The Morgan fingerprint density at radius 2 is 2.00 bits per heavy atom. The van der Waals surface area contributed by atoms with Crippen molar-refractivity contribution in [3.8, 4) is 0 Å². The average Bonchev–Trinajstić information content (AvgIpc) is 2.79. The zero-order chi connectivity index (χ0) is 15.0. The lowest BCUT2D eigenvalue weighted by Crippen LogP contribution is -2.35. The van der Waals surface area contributed by atoms with E-state index in [2.05, 4.69) is 16.0 Å². The molecule has 1 aliphatic rings. The monoisotopic (exact) mass is 305 g/mol. The van der Waals surface area contributed by atoms with E-state index in [0.717, 1.165) is 0 Å². The van der Waals surface area contributed by atoms with Crippen LogP contribution >= 0.6 is 11.6 Å². The number of nitrogens with one attached hydrogen (secondary N) is 3. The van der Waals surface area contributed by atoms with Crippen LogP contribution in [0.5, 0.6) is 0 Å². The molecule has 3 N–H and O–H groups in total. The van der Waals surface area contributed by atoms with Gasteiger partial charge in [0.05, 0.1) is 12.2 Å². The van der Waals surface area contributed by atoms with Gasteiger partial charge in [0.1, 0.15) is 11.3 Å². The Morgan fingerprint density at radius 1 is 1.29 bits per heavy atom. The number of fused-ring (bicyclic) bond motifs is 1. The molecule has 108 valence electrons. The van der Waals surface area contributed by atoms with Crippen molar-refractivity contribution >= 4 is 35.0 Å². The molecule has 3 rings (SSSR count). The predicted molar refractivity (Wildman–Crippen MR) is 78.8 cm³/mol. The summed E-state index contributed by atoms with van der Waals surface area (Å²) >= 11 is 5.80. The van der Waals surface area contributed by atoms with Gasteiger partial charge in [-0.15, -0.1) is 0 Å². The molecule has 0 atom stereocenters. The molecule has 7 heteroatoms. The fourth-order valence-corrected chi connectivity index (χ4v) is 2.31. The van der Waals surface area contributed by atoms with Crippen molar-refractivity contribution in [2.45, 2.75) is 6.92 Å². The highest BCUT2D eigenvalue weighted by molar-refractivity contribution is 6.30. The normalized spacial score (nSPS) is 13.1. The Kier molecular flexibility index (Phi) is 3.31. The van der Waals surface area contributed by atoms with Crippen molar-refractivity contribution in [1.29, 1.82) is 0 Å². The summed E-state index contributed by atoms with van der Waals surface area (Å²) < 4.78 is 5.43. The fourth-order valence-electron chi connectivity index (χ4n) is 2.18. The summed E-state index contributed by atoms with van der Waals surface area (Å²) in [4.78, 5) is 24.3. The minimum absolute atomic E-state index is 0.227. The standard InChI is InChI=1S/C14H12ClN3O3/c1-7-10(11-12(19)16-6-17-14(11)21-7)13(20)18-9-4-2-8(15)3-5-9/h2-5,17H,6H2,1H3,(H,16,19)(H,18,20). The first-order chi connectivity index (χ1) is 10.1. The molecule has 0 saturated carbocycles. The Hall–Kier alpha value is -2.47. The maximum absolute atomic E-state index is 12.4. The quantitative estimate of drug-likeness (QED) is 0.796. The van der Waals surface area contributed by atoms with Gasteiger partial charge in [-0.2, -0.15) is 0 Å². The van der Waals surface area contributed by atoms with E-state index in [1.807, 2.05) is 0 Å². The van der Waals surface area contributed by atoms with Gasteiger partial charge in [0.15, 0.2) is 0 Å². The average molecular weight is 306 g/mol. The Balaban J connectivity index is 1.93. The summed E-state index contributed by atoms with van der Waals surface area (Å²) in [5.74, 6) is -0.0333. The van der Waals surface area contributed by atoms with Crippen LogP contribution in [-0.4, -0.2) is 18.5 Å². The molecule has 0 radical (unpaired) electrons. The van der Waals surface area contributed by atoms with Crippen LogP contribution in [0.25, 0.3) is 0 Å². The Labute approximate surface area is 125 Å². The van der Waals surface area contributed by atoms with Gasteiger partial charge < -0.3 is 20.4 Å². The van der Waals surface area contributed by atoms with Crippen molar-refractivity contribution < 1.29 is 14.0 Å². The van der Waals surface area contributed by atoms with Gasteiger partial charge in [-0.25, -0.2) is 0 Å². The van der Waals surface area contributed by atoms with Crippen molar-refractivity contribution in [1.82, 2.24) is 5.32 Å². The highest BCUT2D eigenvalue weighted by Gasteiger charge is 2.30. The number of amides is 2. The lowest BCUT2D eigenvalue weighted by atomic mass is 10.1. The third-order valence-electron chi connectivity index (χ3n) is 3.14. The van der Waals surface area contributed by atoms with E-state index in [4.69, 9.17) is 16.0 Å². The first kappa shape index (κ1) is 13.5. The lowest BCUT2D eigenvalue weighted by molar-refractivity contribution is 0.0939. The molecule has 0 fully saturated rings. The lowest BCUT2D eigenvalue weighted by Gasteiger charge is -2.14. The number of rotatable bonds is 2. The maximum Gasteiger partial charge on any atom is 0.260 e. The van der Waals surface area contributed by atoms with E-state index in [0.29, 0.717) is 22.4 Å². The Morgan fingerprint density at radius 3 is 2.71 bits per heavy atom. The van der Waals surface area contributed by atoms with Crippen LogP contribution in [0, 0.1) is 6.92 Å². The molecule has 2 aromatic rings. The van der Waals surface area contributed by atoms with Gasteiger partial charge in [0, 0.05) is 10.7 Å². The molecule has 0 bridgehead atoms. The van der Waals surface area contributed by atoms with Gasteiger partial charge in [-0.05, 0) is 31.2 Å². The van der Waals surface area contributed by atoms with E-state index < -0.39 is 5.91 Å². The number of furan rings is 1. The van der Waals surface area contributed by atoms with Crippen LogP contribution in [0.15, 0.2) is 28.7 Å². The van der Waals surface area contributed by atoms with Crippen molar-refractivity contribution in [2.24, 2.45) is 0 Å². The smallest absolute Gasteiger partial charge is 0.260 e. The number of carbonyl (C=O) groups is 2. The number of halogens is 1. The zero-order valence-corrected chi connectivity index (χ0v) is 11.9. The maximum atomic E-state index is 12.4. The molecular formula is C14H12ClN3O3. The molecule has 0 spiro atoms. The highest BCUT2D eigenvalue weighted by Crippen LogP contribution is 2.29.